The predicted molar refractivity (Wildman–Crippen MR) is 240 cm³/mol. The summed E-state index contributed by atoms with van der Waals surface area (Å²) in [5.74, 6) is -1.12. The van der Waals surface area contributed by atoms with E-state index >= 15 is 0 Å². The highest BCUT2D eigenvalue weighted by atomic mass is 31.2. The minimum absolute atomic E-state index is 0.0807. The van der Waals surface area contributed by atoms with Crippen molar-refractivity contribution in [2.45, 2.75) is 236 Å². The highest BCUT2D eigenvalue weighted by molar-refractivity contribution is 7.47. The third-order valence-electron chi connectivity index (χ3n) is 11.0. The number of aliphatic hydroxyl groups is 5. The molecular weight excluding hydrogens is 803 g/mol. The van der Waals surface area contributed by atoms with Gasteiger partial charge in [-0.1, -0.05) is 147 Å². The molecule has 0 amide bonds. The topological polar surface area (TPSA) is 210 Å². The number of carbonyl (C=O) groups excluding carboxylic acids is 2. The van der Waals surface area contributed by atoms with Gasteiger partial charge in [-0.05, 0) is 70.6 Å². The van der Waals surface area contributed by atoms with Crippen LogP contribution >= 0.6 is 7.82 Å². The Bertz CT molecular complexity index is 1210. The van der Waals surface area contributed by atoms with Crippen LogP contribution in [0.2, 0.25) is 0 Å². The monoisotopic (exact) mass is 889 g/mol. The van der Waals surface area contributed by atoms with Gasteiger partial charge in [-0.25, -0.2) is 4.57 Å². The summed E-state index contributed by atoms with van der Waals surface area (Å²) in [6.07, 6.45) is 29.0. The van der Waals surface area contributed by atoms with Crippen molar-refractivity contribution < 1.29 is 63.1 Å². The van der Waals surface area contributed by atoms with Crippen molar-refractivity contribution in [2.24, 2.45) is 0 Å². The fourth-order valence-electron chi connectivity index (χ4n) is 7.08. The summed E-state index contributed by atoms with van der Waals surface area (Å²) in [6.45, 7) is 3.25. The van der Waals surface area contributed by atoms with Gasteiger partial charge < -0.3 is 39.9 Å². The maximum Gasteiger partial charge on any atom is 0.472 e. The Kier molecular flexibility index (Phi) is 35.0. The zero-order valence-corrected chi connectivity index (χ0v) is 38.6. The van der Waals surface area contributed by atoms with Crippen molar-refractivity contribution in [2.75, 3.05) is 13.2 Å². The molecule has 8 atom stereocenters. The lowest BCUT2D eigenvalue weighted by Crippen LogP contribution is -2.64. The van der Waals surface area contributed by atoms with Gasteiger partial charge in [-0.2, -0.15) is 0 Å². The minimum atomic E-state index is -5.12. The standard InChI is InChI=1S/C47H85O13P/c1-3-5-7-9-11-13-15-17-19-20-22-23-25-27-29-31-33-35-40(48)57-37-39(38-58-61(55,56)60-47-45(53)43(51)42(50)44(52)46(47)54)59-41(49)36-34-32-30-28-26-24-21-18-16-14-12-10-8-6-4-2/h12-15,18,21,39,42-47,50-54H,3-11,16-17,19-20,22-38H2,1-2H3,(H,55,56)/b14-12+,15-13+,21-18+/t39-,42?,43-,44?,45?,46?,47?/m0/s1. The summed E-state index contributed by atoms with van der Waals surface area (Å²) in [4.78, 5) is 35.7. The Morgan fingerprint density at radius 1 is 0.508 bits per heavy atom. The van der Waals surface area contributed by atoms with E-state index in [-0.39, 0.29) is 12.8 Å². The first kappa shape index (κ1) is 57.1. The number of rotatable bonds is 39. The second-order valence-corrected chi connectivity index (χ2v) is 18.0. The molecule has 0 spiro atoms. The number of allylic oxidation sites excluding steroid dienone is 6. The number of phosphoric ester groups is 1. The first-order valence-corrected chi connectivity index (χ1v) is 25.3. The van der Waals surface area contributed by atoms with Crippen LogP contribution < -0.4 is 0 Å². The van der Waals surface area contributed by atoms with Crippen LogP contribution in [0.3, 0.4) is 0 Å². The number of hydrogen-bond acceptors (Lipinski definition) is 12. The fraction of sp³-hybridized carbons (Fsp3) is 0.830. The van der Waals surface area contributed by atoms with Gasteiger partial charge in [-0.15, -0.1) is 0 Å². The number of unbranched alkanes of at least 4 members (excludes halogenated alkanes) is 21. The van der Waals surface area contributed by atoms with E-state index in [4.69, 9.17) is 18.5 Å². The molecule has 0 aliphatic heterocycles. The van der Waals surface area contributed by atoms with Gasteiger partial charge in [-0.3, -0.25) is 18.6 Å². The normalized spacial score (nSPS) is 22.3. The average molecular weight is 889 g/mol. The van der Waals surface area contributed by atoms with Crippen LogP contribution in [0, 0.1) is 0 Å². The van der Waals surface area contributed by atoms with Gasteiger partial charge in [0.05, 0.1) is 6.61 Å². The third kappa shape index (κ3) is 30.0. The van der Waals surface area contributed by atoms with E-state index in [1.807, 2.05) is 0 Å². The third-order valence-corrected chi connectivity index (χ3v) is 11.9. The van der Waals surface area contributed by atoms with Crippen LogP contribution in [-0.4, -0.2) is 98.3 Å². The van der Waals surface area contributed by atoms with Crippen LogP contribution in [0.25, 0.3) is 0 Å². The van der Waals surface area contributed by atoms with Crippen molar-refractivity contribution in [1.29, 1.82) is 0 Å². The molecule has 14 heteroatoms. The smallest absolute Gasteiger partial charge is 0.462 e. The summed E-state index contributed by atoms with van der Waals surface area (Å²) in [5.41, 5.74) is 0. The lowest BCUT2D eigenvalue weighted by Gasteiger charge is -2.41. The number of phosphoric acid groups is 1. The van der Waals surface area contributed by atoms with E-state index in [1.165, 1.54) is 83.5 Å². The van der Waals surface area contributed by atoms with E-state index in [0.717, 1.165) is 70.6 Å². The van der Waals surface area contributed by atoms with E-state index in [0.29, 0.717) is 12.8 Å². The van der Waals surface area contributed by atoms with E-state index in [2.05, 4.69) is 50.3 Å². The SMILES string of the molecule is CCCCC/C=C/C/C=C/CCCCCCCC(=O)O[C@@H](COC(=O)CCCCCCCCCCC/C=C/CCCCCC)COP(=O)(O)OC1C(O)C(O)C(O)[C@H](O)C1O. The van der Waals surface area contributed by atoms with Crippen molar-refractivity contribution in [3.63, 3.8) is 0 Å². The van der Waals surface area contributed by atoms with Crippen molar-refractivity contribution in [1.82, 2.24) is 0 Å². The van der Waals surface area contributed by atoms with Gasteiger partial charge in [0.2, 0.25) is 0 Å². The molecule has 13 nitrogen and oxygen atoms in total. The van der Waals surface area contributed by atoms with Gasteiger partial charge in [0.1, 0.15) is 43.2 Å². The summed E-state index contributed by atoms with van der Waals surface area (Å²) < 4.78 is 33.5. The number of esters is 2. The number of carbonyl (C=O) groups is 2. The molecule has 1 rings (SSSR count). The molecule has 1 aliphatic rings. The highest BCUT2D eigenvalue weighted by Crippen LogP contribution is 2.47. The molecule has 0 radical (unpaired) electrons. The number of hydrogen-bond donors (Lipinski definition) is 6. The maximum absolute atomic E-state index is 12.8. The fourth-order valence-corrected chi connectivity index (χ4v) is 8.05. The summed E-state index contributed by atoms with van der Waals surface area (Å²) in [5, 5.41) is 50.2. The molecule has 0 aromatic rings. The van der Waals surface area contributed by atoms with Crippen molar-refractivity contribution in [3.8, 4) is 0 Å². The molecule has 0 saturated heterocycles. The van der Waals surface area contributed by atoms with Gasteiger partial charge in [0.25, 0.3) is 0 Å². The lowest BCUT2D eigenvalue weighted by molar-refractivity contribution is -0.220. The molecule has 1 fully saturated rings. The summed E-state index contributed by atoms with van der Waals surface area (Å²) in [6, 6.07) is 0. The second kappa shape index (κ2) is 37.4. The predicted octanol–water partition coefficient (Wildman–Crippen LogP) is 9.39. The molecule has 1 aliphatic carbocycles. The Labute approximate surface area is 368 Å². The van der Waals surface area contributed by atoms with Crippen LogP contribution in [0.5, 0.6) is 0 Å². The zero-order valence-electron chi connectivity index (χ0n) is 37.7. The quantitative estimate of drug-likeness (QED) is 0.0147. The Balaban J connectivity index is 2.45. The maximum atomic E-state index is 12.8. The number of ether oxygens (including phenoxy) is 2. The average Bonchev–Trinajstić information content (AvgIpc) is 3.24. The zero-order chi connectivity index (χ0) is 45.0. The van der Waals surface area contributed by atoms with Crippen LogP contribution in [-0.2, 0) is 32.7 Å². The van der Waals surface area contributed by atoms with Crippen LogP contribution in [0.15, 0.2) is 36.5 Å². The molecule has 6 unspecified atom stereocenters. The van der Waals surface area contributed by atoms with Crippen molar-refractivity contribution >= 4 is 19.8 Å². The molecule has 1 saturated carbocycles. The largest absolute Gasteiger partial charge is 0.472 e. The van der Waals surface area contributed by atoms with Crippen LogP contribution in [0.4, 0.5) is 0 Å². The molecule has 6 N–H and O–H groups in total. The number of aliphatic hydroxyl groups excluding tert-OH is 5. The molecular formula is C47H85O13P. The molecule has 61 heavy (non-hydrogen) atoms. The Morgan fingerprint density at radius 3 is 1.38 bits per heavy atom. The van der Waals surface area contributed by atoms with Gasteiger partial charge in [0, 0.05) is 12.8 Å². The van der Waals surface area contributed by atoms with Crippen LogP contribution in [0.1, 0.15) is 194 Å². The van der Waals surface area contributed by atoms with E-state index in [9.17, 15) is 44.6 Å². The first-order valence-electron chi connectivity index (χ1n) is 23.8. The molecule has 0 bridgehead atoms. The molecule has 0 heterocycles. The highest BCUT2D eigenvalue weighted by Gasteiger charge is 2.51. The lowest BCUT2D eigenvalue weighted by atomic mass is 9.85. The minimum Gasteiger partial charge on any atom is -0.462 e. The second-order valence-electron chi connectivity index (χ2n) is 16.6. The Morgan fingerprint density at radius 2 is 0.885 bits per heavy atom. The Hall–Kier alpha value is -1.93. The molecule has 0 aromatic carbocycles. The summed E-state index contributed by atoms with van der Waals surface area (Å²) >= 11 is 0. The molecule has 356 valence electrons. The van der Waals surface area contributed by atoms with E-state index < -0.39 is 75.7 Å². The molecule has 0 aromatic heterocycles. The van der Waals surface area contributed by atoms with Gasteiger partial charge in [0.15, 0.2) is 6.10 Å². The first-order chi connectivity index (χ1) is 29.4. The van der Waals surface area contributed by atoms with Crippen molar-refractivity contribution in [3.05, 3.63) is 36.5 Å². The van der Waals surface area contributed by atoms with Gasteiger partial charge >= 0.3 is 19.8 Å². The summed E-state index contributed by atoms with van der Waals surface area (Å²) in [7, 11) is -5.12. The van der Waals surface area contributed by atoms with E-state index in [1.54, 1.807) is 0 Å².